The standard InChI is InChI=1S/C11H14BrClFNO/c1-6(2)16-5-9(15)7-3-4-8(12)10(13)11(7)14/h3-4,6,9H,5,15H2,1-2H3. The molecule has 0 fully saturated rings. The summed E-state index contributed by atoms with van der Waals surface area (Å²) in [6.07, 6.45) is 0.0695. The van der Waals surface area contributed by atoms with Crippen LogP contribution >= 0.6 is 27.5 Å². The molecule has 90 valence electrons. The molecule has 0 aromatic heterocycles. The summed E-state index contributed by atoms with van der Waals surface area (Å²) in [5, 5.41) is 0.0532. The van der Waals surface area contributed by atoms with E-state index in [9.17, 15) is 4.39 Å². The summed E-state index contributed by atoms with van der Waals surface area (Å²) in [6.45, 7) is 4.07. The highest BCUT2D eigenvalue weighted by Gasteiger charge is 2.16. The second-order valence-corrected chi connectivity index (χ2v) is 4.99. The van der Waals surface area contributed by atoms with Gasteiger partial charge in [0.05, 0.1) is 23.8 Å². The summed E-state index contributed by atoms with van der Waals surface area (Å²) in [5.74, 6) is -0.490. The van der Waals surface area contributed by atoms with E-state index >= 15 is 0 Å². The topological polar surface area (TPSA) is 35.2 Å². The second-order valence-electron chi connectivity index (χ2n) is 3.75. The minimum atomic E-state index is -0.506. The maximum absolute atomic E-state index is 13.7. The molecule has 1 aromatic rings. The SMILES string of the molecule is CC(C)OCC(N)c1ccc(Br)c(Cl)c1F. The van der Waals surface area contributed by atoms with E-state index in [1.807, 2.05) is 13.8 Å². The number of benzene rings is 1. The first-order valence-electron chi connectivity index (χ1n) is 4.94. The zero-order chi connectivity index (χ0) is 12.3. The number of nitrogens with two attached hydrogens (primary N) is 1. The van der Waals surface area contributed by atoms with Crippen molar-refractivity contribution in [3.8, 4) is 0 Å². The fourth-order valence-corrected chi connectivity index (χ4v) is 1.69. The lowest BCUT2D eigenvalue weighted by molar-refractivity contribution is 0.0677. The van der Waals surface area contributed by atoms with E-state index in [1.165, 1.54) is 0 Å². The quantitative estimate of drug-likeness (QED) is 0.861. The third kappa shape index (κ3) is 3.42. The van der Waals surface area contributed by atoms with Crippen molar-refractivity contribution in [2.24, 2.45) is 5.73 Å². The van der Waals surface area contributed by atoms with Crippen LogP contribution in [0.25, 0.3) is 0 Å². The van der Waals surface area contributed by atoms with Crippen LogP contribution in [0.4, 0.5) is 4.39 Å². The van der Waals surface area contributed by atoms with Crippen molar-refractivity contribution >= 4 is 27.5 Å². The Kier molecular flexibility index (Phi) is 5.18. The second kappa shape index (κ2) is 5.96. The maximum atomic E-state index is 13.7. The van der Waals surface area contributed by atoms with Gasteiger partial charge in [-0.2, -0.15) is 0 Å². The molecule has 1 atom stereocenters. The summed E-state index contributed by atoms with van der Waals surface area (Å²) in [6, 6.07) is 2.78. The lowest BCUT2D eigenvalue weighted by atomic mass is 10.1. The zero-order valence-corrected chi connectivity index (χ0v) is 11.5. The molecule has 0 amide bonds. The Balaban J connectivity index is 2.84. The van der Waals surface area contributed by atoms with E-state index in [1.54, 1.807) is 12.1 Å². The van der Waals surface area contributed by atoms with Gasteiger partial charge in [-0.1, -0.05) is 17.7 Å². The molecule has 2 nitrogen and oxygen atoms in total. The highest BCUT2D eigenvalue weighted by Crippen LogP contribution is 2.29. The molecule has 0 aliphatic heterocycles. The van der Waals surface area contributed by atoms with Crippen molar-refractivity contribution in [2.45, 2.75) is 26.0 Å². The highest BCUT2D eigenvalue weighted by atomic mass is 79.9. The molecule has 1 aromatic carbocycles. The third-order valence-corrected chi connectivity index (χ3v) is 3.33. The third-order valence-electron chi connectivity index (χ3n) is 2.07. The van der Waals surface area contributed by atoms with Gasteiger partial charge < -0.3 is 10.5 Å². The first kappa shape index (κ1) is 13.9. The molecule has 5 heteroatoms. The van der Waals surface area contributed by atoms with Crippen LogP contribution in [0.15, 0.2) is 16.6 Å². The summed E-state index contributed by atoms with van der Waals surface area (Å²) in [4.78, 5) is 0. The number of rotatable bonds is 4. The van der Waals surface area contributed by atoms with Crippen molar-refractivity contribution < 1.29 is 9.13 Å². The molecule has 0 saturated carbocycles. The normalized spacial score (nSPS) is 13.2. The predicted octanol–water partition coefficient (Wildman–Crippen LogP) is 3.67. The molecular formula is C11H14BrClFNO. The summed E-state index contributed by atoms with van der Waals surface area (Å²) in [5.41, 5.74) is 6.19. The molecule has 0 bridgehead atoms. The average Bonchev–Trinajstić information content (AvgIpc) is 2.23. The lowest BCUT2D eigenvalue weighted by Gasteiger charge is -2.16. The molecule has 0 aliphatic rings. The largest absolute Gasteiger partial charge is 0.377 e. The number of ether oxygens (including phenoxy) is 1. The highest BCUT2D eigenvalue weighted by molar-refractivity contribution is 9.10. The van der Waals surface area contributed by atoms with E-state index in [2.05, 4.69) is 15.9 Å². The van der Waals surface area contributed by atoms with Crippen molar-refractivity contribution in [2.75, 3.05) is 6.61 Å². The fraction of sp³-hybridized carbons (Fsp3) is 0.455. The molecular weight excluding hydrogens is 296 g/mol. The van der Waals surface area contributed by atoms with Crippen molar-refractivity contribution in [3.05, 3.63) is 33.0 Å². The van der Waals surface area contributed by atoms with Crippen molar-refractivity contribution in [1.29, 1.82) is 0 Å². The number of hydrogen-bond acceptors (Lipinski definition) is 2. The number of hydrogen-bond donors (Lipinski definition) is 1. The van der Waals surface area contributed by atoms with Crippen LogP contribution in [0.5, 0.6) is 0 Å². The smallest absolute Gasteiger partial charge is 0.147 e. The Hall–Kier alpha value is -0.160. The molecule has 1 rings (SSSR count). The van der Waals surface area contributed by atoms with Gasteiger partial charge >= 0.3 is 0 Å². The fourth-order valence-electron chi connectivity index (χ4n) is 1.21. The Bertz CT molecular complexity index is 373. The lowest BCUT2D eigenvalue weighted by Crippen LogP contribution is -2.20. The monoisotopic (exact) mass is 309 g/mol. The van der Waals surface area contributed by atoms with Crippen LogP contribution in [0.1, 0.15) is 25.5 Å². The zero-order valence-electron chi connectivity index (χ0n) is 9.14. The first-order valence-corrected chi connectivity index (χ1v) is 6.11. The predicted molar refractivity (Wildman–Crippen MR) is 67.1 cm³/mol. The Morgan fingerprint density at radius 1 is 1.50 bits per heavy atom. The molecule has 0 aliphatic carbocycles. The molecule has 0 spiro atoms. The van der Waals surface area contributed by atoms with Crippen molar-refractivity contribution in [1.82, 2.24) is 0 Å². The Labute approximate surface area is 108 Å². The van der Waals surface area contributed by atoms with Gasteiger partial charge in [0.15, 0.2) is 0 Å². The van der Waals surface area contributed by atoms with Crippen LogP contribution in [0.3, 0.4) is 0 Å². The molecule has 0 radical (unpaired) electrons. The van der Waals surface area contributed by atoms with Gasteiger partial charge in [-0.05, 0) is 35.8 Å². The first-order chi connectivity index (χ1) is 7.43. The van der Waals surface area contributed by atoms with Crippen LogP contribution in [-0.2, 0) is 4.74 Å². The van der Waals surface area contributed by atoms with Crippen LogP contribution < -0.4 is 5.73 Å². The Morgan fingerprint density at radius 2 is 2.12 bits per heavy atom. The molecule has 1 unspecified atom stereocenters. The molecule has 16 heavy (non-hydrogen) atoms. The van der Waals surface area contributed by atoms with E-state index in [0.29, 0.717) is 10.0 Å². The van der Waals surface area contributed by atoms with Gasteiger partial charge in [-0.25, -0.2) is 4.39 Å². The van der Waals surface area contributed by atoms with Crippen LogP contribution in [-0.4, -0.2) is 12.7 Å². The van der Waals surface area contributed by atoms with E-state index in [-0.39, 0.29) is 17.7 Å². The van der Waals surface area contributed by atoms with E-state index in [4.69, 9.17) is 22.1 Å². The Morgan fingerprint density at radius 3 is 2.69 bits per heavy atom. The van der Waals surface area contributed by atoms with Gasteiger partial charge in [-0.3, -0.25) is 0 Å². The van der Waals surface area contributed by atoms with Crippen LogP contribution in [0, 0.1) is 5.82 Å². The van der Waals surface area contributed by atoms with Gasteiger partial charge in [0.25, 0.3) is 0 Å². The molecule has 0 saturated heterocycles. The van der Waals surface area contributed by atoms with E-state index < -0.39 is 11.9 Å². The summed E-state index contributed by atoms with van der Waals surface area (Å²) in [7, 11) is 0. The number of halogens is 3. The van der Waals surface area contributed by atoms with Crippen molar-refractivity contribution in [3.63, 3.8) is 0 Å². The molecule has 0 heterocycles. The van der Waals surface area contributed by atoms with Gasteiger partial charge in [0.2, 0.25) is 0 Å². The van der Waals surface area contributed by atoms with E-state index in [0.717, 1.165) is 0 Å². The van der Waals surface area contributed by atoms with Gasteiger partial charge in [0, 0.05) is 10.0 Å². The van der Waals surface area contributed by atoms with Crippen LogP contribution in [0.2, 0.25) is 5.02 Å². The van der Waals surface area contributed by atoms with Gasteiger partial charge in [-0.15, -0.1) is 0 Å². The summed E-state index contributed by atoms with van der Waals surface area (Å²) >= 11 is 8.92. The average molecular weight is 311 g/mol. The summed E-state index contributed by atoms with van der Waals surface area (Å²) < 4.78 is 19.6. The molecule has 2 N–H and O–H groups in total. The van der Waals surface area contributed by atoms with Gasteiger partial charge in [0.1, 0.15) is 5.82 Å². The maximum Gasteiger partial charge on any atom is 0.147 e. The minimum Gasteiger partial charge on any atom is -0.377 e. The minimum absolute atomic E-state index is 0.0532.